The number of anilines is 1. The highest BCUT2D eigenvalue weighted by atomic mass is 35.5. The van der Waals surface area contributed by atoms with Gasteiger partial charge in [-0.3, -0.25) is 4.79 Å². The van der Waals surface area contributed by atoms with Crippen molar-refractivity contribution in [3.63, 3.8) is 0 Å². The molecule has 4 nitrogen and oxygen atoms in total. The highest BCUT2D eigenvalue weighted by molar-refractivity contribution is 7.15. The molecular formula is C9H16ClN3OS. The van der Waals surface area contributed by atoms with E-state index in [4.69, 9.17) is 5.73 Å². The molecule has 1 heterocycles. The van der Waals surface area contributed by atoms with Gasteiger partial charge in [0.1, 0.15) is 5.00 Å². The van der Waals surface area contributed by atoms with Crippen molar-refractivity contribution in [2.45, 2.75) is 26.8 Å². The zero-order valence-electron chi connectivity index (χ0n) is 8.98. The molecule has 6 heteroatoms. The third-order valence-corrected chi connectivity index (χ3v) is 2.72. The van der Waals surface area contributed by atoms with E-state index >= 15 is 0 Å². The Morgan fingerprint density at radius 3 is 2.60 bits per heavy atom. The molecule has 1 rings (SSSR count). The summed E-state index contributed by atoms with van der Waals surface area (Å²) < 4.78 is 0. The van der Waals surface area contributed by atoms with Crippen LogP contribution in [0.25, 0.3) is 0 Å². The maximum atomic E-state index is 11.5. The Hall–Kier alpha value is -0.650. The topological polar surface area (TPSA) is 68.0 Å². The lowest BCUT2D eigenvalue weighted by Gasteiger charge is -2.13. The Morgan fingerprint density at radius 1 is 1.60 bits per heavy atom. The highest BCUT2D eigenvalue weighted by Gasteiger charge is 2.17. The summed E-state index contributed by atoms with van der Waals surface area (Å²) in [6.07, 6.45) is 1.64. The molecule has 1 atom stereocenters. The second-order valence-electron chi connectivity index (χ2n) is 3.50. The van der Waals surface area contributed by atoms with Crippen LogP contribution in [0, 0.1) is 12.8 Å². The van der Waals surface area contributed by atoms with Crippen LogP contribution in [0.4, 0.5) is 5.00 Å². The smallest absolute Gasteiger partial charge is 0.242 e. The van der Waals surface area contributed by atoms with Crippen molar-refractivity contribution in [2.24, 2.45) is 11.7 Å². The molecule has 0 aliphatic rings. The second kappa shape index (κ2) is 6.05. The summed E-state index contributed by atoms with van der Waals surface area (Å²) in [6.45, 7) is 5.73. The molecule has 1 aromatic heterocycles. The van der Waals surface area contributed by atoms with E-state index in [9.17, 15) is 4.79 Å². The van der Waals surface area contributed by atoms with Gasteiger partial charge in [-0.2, -0.15) is 0 Å². The Labute approximate surface area is 99.7 Å². The van der Waals surface area contributed by atoms with Crippen molar-refractivity contribution in [2.75, 3.05) is 5.32 Å². The van der Waals surface area contributed by atoms with E-state index in [1.165, 1.54) is 11.3 Å². The molecule has 0 fully saturated rings. The van der Waals surface area contributed by atoms with Crippen LogP contribution >= 0.6 is 23.7 Å². The average Bonchev–Trinajstić information content (AvgIpc) is 2.49. The van der Waals surface area contributed by atoms with Crippen LogP contribution in [0.3, 0.4) is 0 Å². The number of nitrogens with zero attached hydrogens (tertiary/aromatic N) is 1. The number of thiazole rings is 1. The Bertz CT molecular complexity index is 327. The van der Waals surface area contributed by atoms with Gasteiger partial charge in [0.25, 0.3) is 0 Å². The first kappa shape index (κ1) is 14.3. The van der Waals surface area contributed by atoms with Crippen molar-refractivity contribution >= 4 is 34.7 Å². The molecule has 0 saturated heterocycles. The fourth-order valence-corrected chi connectivity index (χ4v) is 1.61. The van der Waals surface area contributed by atoms with Crippen LogP contribution in [0.5, 0.6) is 0 Å². The zero-order chi connectivity index (χ0) is 10.7. The summed E-state index contributed by atoms with van der Waals surface area (Å²) in [5.41, 5.74) is 5.69. The van der Waals surface area contributed by atoms with Gasteiger partial charge in [0.2, 0.25) is 5.91 Å². The second-order valence-corrected chi connectivity index (χ2v) is 4.74. The van der Waals surface area contributed by atoms with Crippen molar-refractivity contribution in [3.05, 3.63) is 11.2 Å². The first-order chi connectivity index (χ1) is 6.50. The lowest BCUT2D eigenvalue weighted by Crippen LogP contribution is -2.39. The average molecular weight is 250 g/mol. The summed E-state index contributed by atoms with van der Waals surface area (Å²) in [6, 6.07) is -0.461. The van der Waals surface area contributed by atoms with Crippen LogP contribution in [-0.4, -0.2) is 16.9 Å². The zero-order valence-corrected chi connectivity index (χ0v) is 10.6. The van der Waals surface area contributed by atoms with Gasteiger partial charge in [0.15, 0.2) is 0 Å². The van der Waals surface area contributed by atoms with Crippen molar-refractivity contribution in [3.8, 4) is 0 Å². The van der Waals surface area contributed by atoms with Gasteiger partial charge in [0, 0.05) is 0 Å². The fourth-order valence-electron chi connectivity index (χ4n) is 0.927. The summed E-state index contributed by atoms with van der Waals surface area (Å²) in [4.78, 5) is 15.5. The summed E-state index contributed by atoms with van der Waals surface area (Å²) in [7, 11) is 0. The highest BCUT2D eigenvalue weighted by Crippen LogP contribution is 2.17. The Balaban J connectivity index is 0.00000196. The van der Waals surface area contributed by atoms with Crippen LogP contribution in [0.15, 0.2) is 6.20 Å². The Morgan fingerprint density at radius 2 is 2.20 bits per heavy atom. The van der Waals surface area contributed by atoms with E-state index in [-0.39, 0.29) is 24.2 Å². The number of nitrogens with one attached hydrogen (secondary N) is 1. The number of nitrogens with two attached hydrogens (primary N) is 1. The number of amides is 1. The molecule has 1 amide bonds. The van der Waals surface area contributed by atoms with E-state index in [0.29, 0.717) is 0 Å². The van der Waals surface area contributed by atoms with Gasteiger partial charge in [-0.15, -0.1) is 23.7 Å². The van der Waals surface area contributed by atoms with Gasteiger partial charge < -0.3 is 11.1 Å². The maximum Gasteiger partial charge on any atom is 0.242 e. The molecule has 0 aliphatic carbocycles. The minimum atomic E-state index is -0.461. The minimum Gasteiger partial charge on any atom is -0.320 e. The van der Waals surface area contributed by atoms with Crippen molar-refractivity contribution in [1.29, 1.82) is 0 Å². The molecule has 0 aromatic carbocycles. The number of hydrogen-bond acceptors (Lipinski definition) is 4. The van der Waals surface area contributed by atoms with Gasteiger partial charge >= 0.3 is 0 Å². The number of carbonyl (C=O) groups is 1. The predicted octanol–water partition coefficient (Wildman–Crippen LogP) is 1.80. The van der Waals surface area contributed by atoms with E-state index in [0.717, 1.165) is 10.0 Å². The van der Waals surface area contributed by atoms with Crippen molar-refractivity contribution in [1.82, 2.24) is 4.98 Å². The summed E-state index contributed by atoms with van der Waals surface area (Å²) >= 11 is 1.45. The van der Waals surface area contributed by atoms with Gasteiger partial charge in [-0.25, -0.2) is 4.98 Å². The fraction of sp³-hybridized carbons (Fsp3) is 0.556. The van der Waals surface area contributed by atoms with Gasteiger partial charge in [-0.05, 0) is 12.8 Å². The SMILES string of the molecule is Cc1ncc(NC(=O)[C@H](N)C(C)C)s1.Cl. The number of halogens is 1. The molecule has 0 saturated carbocycles. The molecular weight excluding hydrogens is 234 g/mol. The third-order valence-electron chi connectivity index (χ3n) is 1.89. The van der Waals surface area contributed by atoms with Crippen LogP contribution in [-0.2, 0) is 4.79 Å². The molecule has 0 bridgehead atoms. The lowest BCUT2D eigenvalue weighted by molar-refractivity contribution is -0.118. The van der Waals surface area contributed by atoms with Gasteiger partial charge in [-0.1, -0.05) is 13.8 Å². The number of aryl methyl sites for hydroxylation is 1. The van der Waals surface area contributed by atoms with Crippen LogP contribution in [0.2, 0.25) is 0 Å². The minimum absolute atomic E-state index is 0. The lowest BCUT2D eigenvalue weighted by atomic mass is 10.1. The van der Waals surface area contributed by atoms with E-state index < -0.39 is 6.04 Å². The first-order valence-corrected chi connectivity index (χ1v) is 5.31. The third kappa shape index (κ3) is 4.15. The maximum absolute atomic E-state index is 11.5. The largest absolute Gasteiger partial charge is 0.320 e. The van der Waals surface area contributed by atoms with Crippen LogP contribution < -0.4 is 11.1 Å². The first-order valence-electron chi connectivity index (χ1n) is 4.49. The quantitative estimate of drug-likeness (QED) is 0.858. The monoisotopic (exact) mass is 249 g/mol. The molecule has 3 N–H and O–H groups in total. The molecule has 15 heavy (non-hydrogen) atoms. The molecule has 0 spiro atoms. The summed E-state index contributed by atoms with van der Waals surface area (Å²) in [5, 5.41) is 4.42. The number of carbonyl (C=O) groups excluding carboxylic acids is 1. The normalized spacial score (nSPS) is 12.1. The van der Waals surface area contributed by atoms with Gasteiger partial charge in [0.05, 0.1) is 17.2 Å². The molecule has 86 valence electrons. The van der Waals surface area contributed by atoms with E-state index in [1.54, 1.807) is 6.20 Å². The van der Waals surface area contributed by atoms with E-state index in [2.05, 4.69) is 10.3 Å². The molecule has 0 radical (unpaired) electrons. The standard InChI is InChI=1S/C9H15N3OS.ClH/c1-5(2)8(10)9(13)12-7-4-11-6(3)14-7;/h4-5,8H,10H2,1-3H3,(H,12,13);1H/t8-;/m1./s1. The Kier molecular flexibility index (Phi) is 5.79. The van der Waals surface area contributed by atoms with Crippen molar-refractivity contribution < 1.29 is 4.79 Å². The summed E-state index contributed by atoms with van der Waals surface area (Å²) in [5.74, 6) is -0.00679. The molecule has 0 aliphatic heterocycles. The number of hydrogen-bond donors (Lipinski definition) is 2. The van der Waals surface area contributed by atoms with Crippen LogP contribution in [0.1, 0.15) is 18.9 Å². The number of aromatic nitrogens is 1. The molecule has 1 aromatic rings. The predicted molar refractivity (Wildman–Crippen MR) is 65.5 cm³/mol. The number of rotatable bonds is 3. The molecule has 0 unspecified atom stereocenters. The van der Waals surface area contributed by atoms with E-state index in [1.807, 2.05) is 20.8 Å².